The minimum atomic E-state index is -0.0649. The van der Waals surface area contributed by atoms with E-state index in [1.807, 2.05) is 0 Å². The largest absolute Gasteiger partial charge is 0.349 e. The van der Waals surface area contributed by atoms with E-state index >= 15 is 0 Å². The van der Waals surface area contributed by atoms with Crippen LogP contribution in [0.2, 0.25) is 0 Å². The molecule has 0 aliphatic heterocycles. The van der Waals surface area contributed by atoms with E-state index in [1.54, 1.807) is 38.0 Å². The number of amides is 2. The van der Waals surface area contributed by atoms with Crippen molar-refractivity contribution in [2.24, 2.45) is 11.8 Å². The molecule has 0 N–H and O–H groups in total. The van der Waals surface area contributed by atoms with Crippen LogP contribution in [-0.4, -0.2) is 49.8 Å². The molecule has 1 aliphatic carbocycles. The van der Waals surface area contributed by atoms with E-state index in [0.29, 0.717) is 6.42 Å². The lowest BCUT2D eigenvalue weighted by Crippen LogP contribution is -2.28. The van der Waals surface area contributed by atoms with E-state index < -0.39 is 0 Å². The van der Waals surface area contributed by atoms with E-state index in [1.165, 1.54) is 0 Å². The molecule has 4 heteroatoms. The van der Waals surface area contributed by atoms with Crippen LogP contribution >= 0.6 is 0 Å². The first kappa shape index (κ1) is 10.0. The second-order valence-corrected chi connectivity index (χ2v) is 3.91. The molecule has 1 rings (SSSR count). The number of carbonyl (C=O) groups excluding carboxylic acids is 2. The molecule has 0 spiro atoms. The molecular formula is C9H16N2O2. The molecule has 0 unspecified atom stereocenters. The maximum atomic E-state index is 11.4. The molecule has 4 nitrogen and oxygen atoms in total. The number of carbonyl (C=O) groups is 2. The summed E-state index contributed by atoms with van der Waals surface area (Å²) in [5, 5.41) is 0. The molecule has 1 fully saturated rings. The highest BCUT2D eigenvalue weighted by Gasteiger charge is 2.49. The maximum absolute atomic E-state index is 11.4. The van der Waals surface area contributed by atoms with E-state index in [-0.39, 0.29) is 23.7 Å². The Labute approximate surface area is 78.5 Å². The van der Waals surface area contributed by atoms with Crippen LogP contribution in [0.15, 0.2) is 0 Å². The van der Waals surface area contributed by atoms with Gasteiger partial charge in [-0.2, -0.15) is 0 Å². The fourth-order valence-electron chi connectivity index (χ4n) is 1.40. The van der Waals surface area contributed by atoms with Crippen LogP contribution in [0.1, 0.15) is 6.42 Å². The first-order valence-corrected chi connectivity index (χ1v) is 4.37. The van der Waals surface area contributed by atoms with Gasteiger partial charge in [0.05, 0.1) is 11.8 Å². The Hall–Kier alpha value is -1.06. The summed E-state index contributed by atoms with van der Waals surface area (Å²) in [6.45, 7) is 0. The van der Waals surface area contributed by atoms with Crippen molar-refractivity contribution in [2.75, 3.05) is 28.2 Å². The Morgan fingerprint density at radius 2 is 1.23 bits per heavy atom. The lowest BCUT2D eigenvalue weighted by molar-refractivity contribution is -0.135. The molecule has 1 aliphatic rings. The lowest BCUT2D eigenvalue weighted by atomic mass is 10.2. The van der Waals surface area contributed by atoms with Gasteiger partial charge >= 0.3 is 0 Å². The Kier molecular flexibility index (Phi) is 2.59. The van der Waals surface area contributed by atoms with Crippen LogP contribution in [0.5, 0.6) is 0 Å². The molecule has 0 saturated heterocycles. The predicted octanol–water partition coefficient (Wildman–Crippen LogP) is -0.201. The van der Waals surface area contributed by atoms with Crippen LogP contribution in [0, 0.1) is 11.8 Å². The highest BCUT2D eigenvalue weighted by molar-refractivity contribution is 5.92. The number of nitrogens with zero attached hydrogens (tertiary/aromatic N) is 2. The second-order valence-electron chi connectivity index (χ2n) is 3.91. The van der Waals surface area contributed by atoms with Gasteiger partial charge in [-0.3, -0.25) is 9.59 Å². The number of rotatable bonds is 2. The smallest absolute Gasteiger partial charge is 0.225 e. The van der Waals surface area contributed by atoms with E-state index in [4.69, 9.17) is 0 Å². The molecule has 74 valence electrons. The molecule has 0 aromatic rings. The summed E-state index contributed by atoms with van der Waals surface area (Å²) in [5.41, 5.74) is 0. The minimum absolute atomic E-state index is 0.0649. The minimum Gasteiger partial charge on any atom is -0.349 e. The van der Waals surface area contributed by atoms with Crippen molar-refractivity contribution in [1.29, 1.82) is 0 Å². The zero-order chi connectivity index (χ0) is 10.2. The molecule has 13 heavy (non-hydrogen) atoms. The molecule has 2 amide bonds. The van der Waals surface area contributed by atoms with Gasteiger partial charge < -0.3 is 9.80 Å². The Morgan fingerprint density at radius 1 is 0.923 bits per heavy atom. The van der Waals surface area contributed by atoms with Crippen molar-refractivity contribution in [3.05, 3.63) is 0 Å². The predicted molar refractivity (Wildman–Crippen MR) is 49.0 cm³/mol. The molecule has 1 saturated carbocycles. The fourth-order valence-corrected chi connectivity index (χ4v) is 1.40. The standard InChI is InChI=1S/C9H16N2O2/c1-10(2)8(12)6-5-7(6)9(13)11(3)4/h6-7H,5H2,1-4H3/t6-,7+. The van der Waals surface area contributed by atoms with Gasteiger partial charge in [0.15, 0.2) is 0 Å². The van der Waals surface area contributed by atoms with Crippen LogP contribution in [0.25, 0.3) is 0 Å². The van der Waals surface area contributed by atoms with Gasteiger partial charge in [0, 0.05) is 28.2 Å². The lowest BCUT2D eigenvalue weighted by Gasteiger charge is -2.11. The number of hydrogen-bond acceptors (Lipinski definition) is 2. The topological polar surface area (TPSA) is 40.6 Å². The third-order valence-electron chi connectivity index (χ3n) is 2.31. The van der Waals surface area contributed by atoms with Gasteiger partial charge in [-0.25, -0.2) is 0 Å². The van der Waals surface area contributed by atoms with Crippen LogP contribution in [0.4, 0.5) is 0 Å². The van der Waals surface area contributed by atoms with Gasteiger partial charge in [-0.05, 0) is 6.42 Å². The molecule has 0 aromatic heterocycles. The molecule has 0 radical (unpaired) electrons. The van der Waals surface area contributed by atoms with E-state index in [9.17, 15) is 9.59 Å². The van der Waals surface area contributed by atoms with Crippen molar-refractivity contribution in [3.8, 4) is 0 Å². The summed E-state index contributed by atoms with van der Waals surface area (Å²) in [7, 11) is 6.88. The van der Waals surface area contributed by atoms with Crippen LogP contribution < -0.4 is 0 Å². The molecule has 2 atom stereocenters. The average Bonchev–Trinajstić information content (AvgIpc) is 2.80. The molecule has 0 bridgehead atoms. The van der Waals surface area contributed by atoms with Crippen molar-refractivity contribution in [3.63, 3.8) is 0 Å². The second kappa shape index (κ2) is 3.36. The summed E-state index contributed by atoms with van der Waals surface area (Å²) in [5.74, 6) is 0.00944. The van der Waals surface area contributed by atoms with Gasteiger partial charge in [0.25, 0.3) is 0 Å². The summed E-state index contributed by atoms with van der Waals surface area (Å²) in [6.07, 6.45) is 0.716. The molecule has 0 aromatic carbocycles. The third-order valence-corrected chi connectivity index (χ3v) is 2.31. The zero-order valence-electron chi connectivity index (χ0n) is 8.57. The maximum Gasteiger partial charge on any atom is 0.225 e. The van der Waals surface area contributed by atoms with Crippen molar-refractivity contribution in [1.82, 2.24) is 9.80 Å². The van der Waals surface area contributed by atoms with Gasteiger partial charge in [0.1, 0.15) is 0 Å². The first-order chi connectivity index (χ1) is 5.95. The van der Waals surface area contributed by atoms with E-state index in [2.05, 4.69) is 0 Å². The normalized spacial score (nSPS) is 25.2. The van der Waals surface area contributed by atoms with Crippen molar-refractivity contribution < 1.29 is 9.59 Å². The number of hydrogen-bond donors (Lipinski definition) is 0. The summed E-state index contributed by atoms with van der Waals surface area (Å²) >= 11 is 0. The third kappa shape index (κ3) is 1.99. The quantitative estimate of drug-likeness (QED) is 0.596. The van der Waals surface area contributed by atoms with E-state index in [0.717, 1.165) is 0 Å². The van der Waals surface area contributed by atoms with Gasteiger partial charge in [-0.15, -0.1) is 0 Å². The van der Waals surface area contributed by atoms with Crippen molar-refractivity contribution >= 4 is 11.8 Å². The SMILES string of the molecule is CN(C)C(=O)[C@H]1C[C@H]1C(=O)N(C)C. The highest BCUT2D eigenvalue weighted by atomic mass is 16.2. The van der Waals surface area contributed by atoms with Crippen LogP contribution in [-0.2, 0) is 9.59 Å². The first-order valence-electron chi connectivity index (χ1n) is 4.37. The molecule has 0 heterocycles. The van der Waals surface area contributed by atoms with Crippen LogP contribution in [0.3, 0.4) is 0 Å². The van der Waals surface area contributed by atoms with Gasteiger partial charge in [-0.1, -0.05) is 0 Å². The fraction of sp³-hybridized carbons (Fsp3) is 0.778. The summed E-state index contributed by atoms with van der Waals surface area (Å²) < 4.78 is 0. The van der Waals surface area contributed by atoms with Crippen molar-refractivity contribution in [2.45, 2.75) is 6.42 Å². The highest BCUT2D eigenvalue weighted by Crippen LogP contribution is 2.40. The summed E-state index contributed by atoms with van der Waals surface area (Å²) in [4.78, 5) is 25.9. The Bertz CT molecular complexity index is 212. The molecular weight excluding hydrogens is 168 g/mol. The summed E-state index contributed by atoms with van der Waals surface area (Å²) in [6, 6.07) is 0. The monoisotopic (exact) mass is 184 g/mol. The zero-order valence-corrected chi connectivity index (χ0v) is 8.57. The Balaban J connectivity index is 2.47. The Morgan fingerprint density at radius 3 is 1.46 bits per heavy atom. The average molecular weight is 184 g/mol. The van der Waals surface area contributed by atoms with Gasteiger partial charge in [0.2, 0.25) is 11.8 Å².